The van der Waals surface area contributed by atoms with Crippen LogP contribution in [0.2, 0.25) is 0 Å². The van der Waals surface area contributed by atoms with Gasteiger partial charge in [0.2, 0.25) is 0 Å². The summed E-state index contributed by atoms with van der Waals surface area (Å²) in [5.74, 6) is 0. The molecule has 1 saturated heterocycles. The minimum atomic E-state index is -0.542. The summed E-state index contributed by atoms with van der Waals surface area (Å²) in [6, 6.07) is -0.693. The van der Waals surface area contributed by atoms with Crippen LogP contribution in [0, 0.1) is 0 Å². The van der Waals surface area contributed by atoms with Crippen LogP contribution in [0.3, 0.4) is 0 Å². The van der Waals surface area contributed by atoms with Gasteiger partial charge in [-0.3, -0.25) is 0 Å². The summed E-state index contributed by atoms with van der Waals surface area (Å²) in [5, 5.41) is 4.15. The zero-order chi connectivity index (χ0) is 12.5. The van der Waals surface area contributed by atoms with Crippen molar-refractivity contribution in [2.24, 2.45) is 0 Å². The Morgan fingerprint density at radius 3 is 2.31 bits per heavy atom. The van der Waals surface area contributed by atoms with Crippen molar-refractivity contribution >= 4 is 23.8 Å². The van der Waals surface area contributed by atoms with Gasteiger partial charge in [-0.15, -0.1) is 11.8 Å². The number of nitrogens with zero attached hydrogens (tertiary/aromatic N) is 2. The van der Waals surface area contributed by atoms with E-state index in [1.54, 1.807) is 7.05 Å². The molecule has 1 atom stereocenters. The fourth-order valence-electron chi connectivity index (χ4n) is 1.50. The number of carbonyl (C=O) groups is 2. The minimum absolute atomic E-state index is 0.335. The Bertz CT molecular complexity index is 302. The maximum atomic E-state index is 12.1. The lowest BCUT2D eigenvalue weighted by molar-refractivity contribution is 0.0774. The number of imide groups is 1. The molecule has 16 heavy (non-hydrogen) atoms. The lowest BCUT2D eigenvalue weighted by Gasteiger charge is -2.44. The highest BCUT2D eigenvalue weighted by Gasteiger charge is 2.43. The van der Waals surface area contributed by atoms with E-state index in [0.717, 1.165) is 0 Å². The molecule has 0 bridgehead atoms. The lowest BCUT2D eigenvalue weighted by atomic mass is 10.1. The van der Waals surface area contributed by atoms with Crippen LogP contribution in [0.5, 0.6) is 0 Å². The topological polar surface area (TPSA) is 64.7 Å². The van der Waals surface area contributed by atoms with Gasteiger partial charge in [-0.05, 0) is 27.0 Å². The molecular weight excluding hydrogens is 228 g/mol. The molecule has 7 heteroatoms. The normalized spacial score (nSPS) is 22.4. The summed E-state index contributed by atoms with van der Waals surface area (Å²) >= 11 is 1.38. The molecule has 1 rings (SSSR count). The maximum Gasteiger partial charge on any atom is 0.345 e. The molecule has 1 unspecified atom stereocenters. The Labute approximate surface area is 99.7 Å². The number of urea groups is 2. The maximum absolute atomic E-state index is 12.1. The SMILES string of the molecule is CNN1C(=O)N(C(C)(C)C)C(=O)NC1SC. The first-order chi connectivity index (χ1) is 7.32. The Morgan fingerprint density at radius 1 is 1.38 bits per heavy atom. The van der Waals surface area contributed by atoms with Crippen molar-refractivity contribution in [3.8, 4) is 0 Å². The summed E-state index contributed by atoms with van der Waals surface area (Å²) in [6.45, 7) is 5.45. The van der Waals surface area contributed by atoms with Gasteiger partial charge in [0.05, 0.1) is 0 Å². The van der Waals surface area contributed by atoms with E-state index in [0.29, 0.717) is 0 Å². The van der Waals surface area contributed by atoms with Crippen LogP contribution in [0.15, 0.2) is 0 Å². The zero-order valence-electron chi connectivity index (χ0n) is 10.2. The molecule has 92 valence electrons. The number of hydrogen-bond acceptors (Lipinski definition) is 4. The molecule has 1 fully saturated rings. The van der Waals surface area contributed by atoms with Crippen molar-refractivity contribution in [1.82, 2.24) is 20.7 Å². The van der Waals surface area contributed by atoms with Crippen molar-refractivity contribution in [2.45, 2.75) is 31.8 Å². The molecule has 0 aromatic heterocycles. The first-order valence-corrected chi connectivity index (χ1v) is 6.26. The third-order valence-corrected chi connectivity index (χ3v) is 2.99. The standard InChI is InChI=1S/C9H18N4O2S/c1-9(2,3)12-6(14)11-7(16-5)13(10-4)8(12)15/h7,10H,1-5H3,(H,11,14). The van der Waals surface area contributed by atoms with Crippen LogP contribution in [-0.4, -0.2) is 46.3 Å². The lowest BCUT2D eigenvalue weighted by Crippen LogP contribution is -2.70. The quantitative estimate of drug-likeness (QED) is 0.763. The third-order valence-electron chi connectivity index (χ3n) is 2.22. The van der Waals surface area contributed by atoms with Crippen LogP contribution in [0.4, 0.5) is 9.59 Å². The van der Waals surface area contributed by atoms with Crippen LogP contribution in [0.25, 0.3) is 0 Å². The Hall–Kier alpha value is -0.950. The zero-order valence-corrected chi connectivity index (χ0v) is 11.0. The van der Waals surface area contributed by atoms with Crippen LogP contribution >= 0.6 is 11.8 Å². The van der Waals surface area contributed by atoms with Gasteiger partial charge in [0.15, 0.2) is 5.50 Å². The molecule has 6 nitrogen and oxygen atoms in total. The van der Waals surface area contributed by atoms with Gasteiger partial charge in [0, 0.05) is 12.6 Å². The fourth-order valence-corrected chi connectivity index (χ4v) is 2.12. The number of hydrazine groups is 1. The molecule has 1 heterocycles. The molecular formula is C9H18N4O2S. The molecule has 4 amide bonds. The largest absolute Gasteiger partial charge is 0.345 e. The molecule has 2 N–H and O–H groups in total. The highest BCUT2D eigenvalue weighted by atomic mass is 32.2. The number of amides is 4. The van der Waals surface area contributed by atoms with Crippen molar-refractivity contribution < 1.29 is 9.59 Å². The Kier molecular flexibility index (Phi) is 3.69. The van der Waals surface area contributed by atoms with E-state index in [4.69, 9.17) is 0 Å². The van der Waals surface area contributed by atoms with Crippen LogP contribution < -0.4 is 10.7 Å². The Morgan fingerprint density at radius 2 is 1.94 bits per heavy atom. The molecule has 0 radical (unpaired) electrons. The number of hydrogen-bond donors (Lipinski definition) is 2. The predicted molar refractivity (Wildman–Crippen MR) is 63.7 cm³/mol. The molecule has 0 saturated carbocycles. The number of carbonyl (C=O) groups excluding carboxylic acids is 2. The van der Waals surface area contributed by atoms with E-state index in [-0.39, 0.29) is 17.6 Å². The first-order valence-electron chi connectivity index (χ1n) is 4.97. The van der Waals surface area contributed by atoms with Crippen molar-refractivity contribution in [3.63, 3.8) is 0 Å². The summed E-state index contributed by atoms with van der Waals surface area (Å²) in [5.41, 5.74) is 1.87. The second-order valence-corrected chi connectivity index (χ2v) is 5.34. The van der Waals surface area contributed by atoms with E-state index in [1.165, 1.54) is 21.7 Å². The minimum Gasteiger partial charge on any atom is -0.307 e. The van der Waals surface area contributed by atoms with Gasteiger partial charge < -0.3 is 5.32 Å². The van der Waals surface area contributed by atoms with Gasteiger partial charge in [-0.2, -0.15) is 0 Å². The predicted octanol–water partition coefficient (Wildman–Crippen LogP) is 1.01. The van der Waals surface area contributed by atoms with Gasteiger partial charge in [0.1, 0.15) is 0 Å². The Balaban J connectivity index is 2.99. The molecule has 0 aromatic carbocycles. The van der Waals surface area contributed by atoms with E-state index in [2.05, 4.69) is 10.7 Å². The van der Waals surface area contributed by atoms with Gasteiger partial charge >= 0.3 is 12.1 Å². The van der Waals surface area contributed by atoms with E-state index in [1.807, 2.05) is 27.0 Å². The fraction of sp³-hybridized carbons (Fsp3) is 0.778. The third kappa shape index (κ3) is 2.25. The van der Waals surface area contributed by atoms with Gasteiger partial charge in [-0.25, -0.2) is 24.9 Å². The second kappa shape index (κ2) is 4.50. The summed E-state index contributed by atoms with van der Waals surface area (Å²) < 4.78 is 0. The smallest absolute Gasteiger partial charge is 0.307 e. The van der Waals surface area contributed by atoms with Crippen molar-refractivity contribution in [1.29, 1.82) is 0 Å². The summed E-state index contributed by atoms with van der Waals surface area (Å²) in [7, 11) is 1.65. The van der Waals surface area contributed by atoms with E-state index in [9.17, 15) is 9.59 Å². The highest BCUT2D eigenvalue weighted by Crippen LogP contribution is 2.22. The molecule has 1 aliphatic rings. The highest BCUT2D eigenvalue weighted by molar-refractivity contribution is 7.99. The molecule has 0 aromatic rings. The van der Waals surface area contributed by atoms with E-state index >= 15 is 0 Å². The van der Waals surface area contributed by atoms with E-state index < -0.39 is 5.54 Å². The number of rotatable bonds is 2. The van der Waals surface area contributed by atoms with Gasteiger partial charge in [0.25, 0.3) is 0 Å². The van der Waals surface area contributed by atoms with Crippen LogP contribution in [0.1, 0.15) is 20.8 Å². The second-order valence-electron chi connectivity index (χ2n) is 4.42. The molecule has 1 aliphatic heterocycles. The van der Waals surface area contributed by atoms with Gasteiger partial charge in [-0.1, -0.05) is 0 Å². The first kappa shape index (κ1) is 13.1. The van der Waals surface area contributed by atoms with Crippen molar-refractivity contribution in [3.05, 3.63) is 0 Å². The summed E-state index contributed by atoms with van der Waals surface area (Å²) in [4.78, 5) is 25.1. The molecule has 0 spiro atoms. The number of nitrogens with one attached hydrogen (secondary N) is 2. The average Bonchev–Trinajstić information content (AvgIpc) is 2.14. The molecule has 0 aliphatic carbocycles. The average molecular weight is 246 g/mol. The van der Waals surface area contributed by atoms with Crippen LogP contribution in [-0.2, 0) is 0 Å². The summed E-state index contributed by atoms with van der Waals surface area (Å²) in [6.07, 6.45) is 1.83. The number of thioether (sulfide) groups is 1. The van der Waals surface area contributed by atoms with Crippen molar-refractivity contribution in [2.75, 3.05) is 13.3 Å². The monoisotopic (exact) mass is 246 g/mol.